The molecule has 1 aromatic carbocycles. The van der Waals surface area contributed by atoms with Crippen LogP contribution in [-0.2, 0) is 11.2 Å². The second-order valence-corrected chi connectivity index (χ2v) is 4.99. The lowest BCUT2D eigenvalue weighted by Gasteiger charge is -2.02. The van der Waals surface area contributed by atoms with Crippen molar-refractivity contribution in [3.63, 3.8) is 0 Å². The molecule has 4 heteroatoms. The molecule has 2 aromatic rings. The normalized spacial score (nSPS) is 10.5. The first-order valence-electron chi connectivity index (χ1n) is 5.32. The molecule has 0 saturated heterocycles. The molecule has 0 aliphatic rings. The van der Waals surface area contributed by atoms with Crippen LogP contribution in [0.1, 0.15) is 16.3 Å². The summed E-state index contributed by atoms with van der Waals surface area (Å²) in [6.45, 7) is 3.97. The molecule has 0 fully saturated rings. The van der Waals surface area contributed by atoms with Crippen LogP contribution in [0.15, 0.2) is 24.3 Å². The lowest BCUT2D eigenvalue weighted by molar-refractivity contribution is -0.136. The second-order valence-electron chi connectivity index (χ2n) is 3.91. The summed E-state index contributed by atoms with van der Waals surface area (Å²) in [7, 11) is 0. The van der Waals surface area contributed by atoms with Gasteiger partial charge in [-0.05, 0) is 25.0 Å². The molecule has 0 amide bonds. The average Bonchev–Trinajstić information content (AvgIpc) is 2.59. The number of carbonyl (C=O) groups is 1. The number of thiazole rings is 1. The third kappa shape index (κ3) is 2.53. The number of benzene rings is 1. The van der Waals surface area contributed by atoms with E-state index in [1.165, 1.54) is 16.9 Å². The van der Waals surface area contributed by atoms with Crippen molar-refractivity contribution in [1.82, 2.24) is 4.98 Å². The Balaban J connectivity index is 2.43. The van der Waals surface area contributed by atoms with Gasteiger partial charge in [0.2, 0.25) is 0 Å². The Morgan fingerprint density at radius 3 is 2.71 bits per heavy atom. The lowest BCUT2D eigenvalue weighted by Crippen LogP contribution is -1.98. The van der Waals surface area contributed by atoms with E-state index in [1.807, 2.05) is 38.1 Å². The zero-order valence-electron chi connectivity index (χ0n) is 9.73. The van der Waals surface area contributed by atoms with Crippen LogP contribution in [0.25, 0.3) is 10.4 Å². The topological polar surface area (TPSA) is 50.2 Å². The van der Waals surface area contributed by atoms with Crippen LogP contribution in [0.4, 0.5) is 0 Å². The molecule has 0 unspecified atom stereocenters. The van der Waals surface area contributed by atoms with Crippen LogP contribution in [0.5, 0.6) is 0 Å². The minimum atomic E-state index is -0.838. The molecule has 1 heterocycles. The number of nitrogens with zero attached hydrogens (tertiary/aromatic N) is 1. The van der Waals surface area contributed by atoms with E-state index in [0.29, 0.717) is 5.01 Å². The summed E-state index contributed by atoms with van der Waals surface area (Å²) >= 11 is 1.46. The largest absolute Gasteiger partial charge is 0.481 e. The first kappa shape index (κ1) is 11.8. The van der Waals surface area contributed by atoms with Gasteiger partial charge in [0.15, 0.2) is 0 Å². The van der Waals surface area contributed by atoms with Gasteiger partial charge in [0.05, 0.1) is 17.0 Å². The molecule has 3 nitrogen and oxygen atoms in total. The summed E-state index contributed by atoms with van der Waals surface area (Å²) in [5, 5.41) is 9.42. The molecule has 0 aliphatic carbocycles. The number of carboxylic acids is 1. The third-order valence-corrected chi connectivity index (χ3v) is 3.72. The van der Waals surface area contributed by atoms with E-state index in [0.717, 1.165) is 16.1 Å². The van der Waals surface area contributed by atoms with Gasteiger partial charge in [-0.1, -0.05) is 24.3 Å². The van der Waals surface area contributed by atoms with Crippen molar-refractivity contribution >= 4 is 17.3 Å². The SMILES string of the molecule is Cc1ccccc1-c1sc(CC(=O)O)nc1C. The van der Waals surface area contributed by atoms with Gasteiger partial charge in [-0.2, -0.15) is 0 Å². The Bertz CT molecular complexity index is 560. The first-order chi connectivity index (χ1) is 8.08. The van der Waals surface area contributed by atoms with E-state index in [1.54, 1.807) is 0 Å². The molecule has 0 spiro atoms. The predicted octanol–water partition coefficient (Wildman–Crippen LogP) is 3.05. The number of aromatic nitrogens is 1. The van der Waals surface area contributed by atoms with Gasteiger partial charge in [0.1, 0.15) is 5.01 Å². The number of aryl methyl sites for hydroxylation is 2. The Kier molecular flexibility index (Phi) is 3.24. The average molecular weight is 247 g/mol. The maximum absolute atomic E-state index is 10.7. The van der Waals surface area contributed by atoms with Crippen LogP contribution in [0, 0.1) is 13.8 Å². The highest BCUT2D eigenvalue weighted by Crippen LogP contribution is 2.32. The maximum Gasteiger partial charge on any atom is 0.310 e. The third-order valence-electron chi connectivity index (χ3n) is 2.53. The Hall–Kier alpha value is -1.68. The number of aliphatic carboxylic acids is 1. The highest BCUT2D eigenvalue weighted by Gasteiger charge is 2.13. The van der Waals surface area contributed by atoms with Crippen molar-refractivity contribution in [1.29, 1.82) is 0 Å². The molecule has 2 rings (SSSR count). The maximum atomic E-state index is 10.7. The summed E-state index contributed by atoms with van der Waals surface area (Å²) in [6, 6.07) is 8.07. The number of hydrogen-bond acceptors (Lipinski definition) is 3. The molecule has 1 N–H and O–H groups in total. The zero-order valence-corrected chi connectivity index (χ0v) is 10.5. The zero-order chi connectivity index (χ0) is 12.4. The van der Waals surface area contributed by atoms with Crippen LogP contribution >= 0.6 is 11.3 Å². The molecule has 88 valence electrons. The van der Waals surface area contributed by atoms with E-state index in [9.17, 15) is 4.79 Å². The molecule has 0 aliphatic heterocycles. The summed E-state index contributed by atoms with van der Waals surface area (Å²) in [5.41, 5.74) is 3.22. The van der Waals surface area contributed by atoms with Crippen molar-refractivity contribution in [2.45, 2.75) is 20.3 Å². The minimum Gasteiger partial charge on any atom is -0.481 e. The van der Waals surface area contributed by atoms with Crippen LogP contribution in [0.2, 0.25) is 0 Å². The fourth-order valence-electron chi connectivity index (χ4n) is 1.73. The Morgan fingerprint density at radius 1 is 1.35 bits per heavy atom. The summed E-state index contributed by atoms with van der Waals surface area (Å²) in [5.74, 6) is -0.838. The fourth-order valence-corrected chi connectivity index (χ4v) is 2.88. The van der Waals surface area contributed by atoms with Crippen LogP contribution in [-0.4, -0.2) is 16.1 Å². The molecule has 0 saturated carbocycles. The minimum absolute atomic E-state index is 0.00259. The van der Waals surface area contributed by atoms with Gasteiger partial charge in [0.25, 0.3) is 0 Å². The number of carboxylic acid groups (broad SMARTS) is 1. The van der Waals surface area contributed by atoms with Crippen molar-refractivity contribution < 1.29 is 9.90 Å². The highest BCUT2D eigenvalue weighted by atomic mass is 32.1. The van der Waals surface area contributed by atoms with Crippen molar-refractivity contribution in [2.75, 3.05) is 0 Å². The monoisotopic (exact) mass is 247 g/mol. The van der Waals surface area contributed by atoms with E-state index >= 15 is 0 Å². The van der Waals surface area contributed by atoms with Gasteiger partial charge < -0.3 is 5.11 Å². The molecular weight excluding hydrogens is 234 g/mol. The summed E-state index contributed by atoms with van der Waals surface area (Å²) in [6.07, 6.45) is -0.00259. The molecular formula is C13H13NO2S. The number of rotatable bonds is 3. The van der Waals surface area contributed by atoms with Gasteiger partial charge in [-0.15, -0.1) is 11.3 Å². The van der Waals surface area contributed by atoms with Crippen molar-refractivity contribution in [2.24, 2.45) is 0 Å². The predicted molar refractivity (Wildman–Crippen MR) is 68.4 cm³/mol. The van der Waals surface area contributed by atoms with Gasteiger partial charge >= 0.3 is 5.97 Å². The summed E-state index contributed by atoms with van der Waals surface area (Å²) < 4.78 is 0. The summed E-state index contributed by atoms with van der Waals surface area (Å²) in [4.78, 5) is 16.0. The lowest BCUT2D eigenvalue weighted by atomic mass is 10.1. The van der Waals surface area contributed by atoms with E-state index < -0.39 is 5.97 Å². The second kappa shape index (κ2) is 4.67. The Morgan fingerprint density at radius 2 is 2.06 bits per heavy atom. The van der Waals surface area contributed by atoms with Crippen molar-refractivity contribution in [3.05, 3.63) is 40.5 Å². The first-order valence-corrected chi connectivity index (χ1v) is 6.13. The quantitative estimate of drug-likeness (QED) is 0.906. The van der Waals surface area contributed by atoms with Crippen LogP contribution in [0.3, 0.4) is 0 Å². The fraction of sp³-hybridized carbons (Fsp3) is 0.231. The molecule has 0 atom stereocenters. The molecule has 0 radical (unpaired) electrons. The van der Waals surface area contributed by atoms with E-state index in [2.05, 4.69) is 4.98 Å². The number of hydrogen-bond donors (Lipinski definition) is 1. The Labute approximate surface area is 104 Å². The molecule has 17 heavy (non-hydrogen) atoms. The molecule has 0 bridgehead atoms. The standard InChI is InChI=1S/C13H13NO2S/c1-8-5-3-4-6-10(8)13-9(2)14-11(17-13)7-12(15)16/h3-6H,7H2,1-2H3,(H,15,16). The molecule has 1 aromatic heterocycles. The van der Waals surface area contributed by atoms with Crippen molar-refractivity contribution in [3.8, 4) is 10.4 Å². The smallest absolute Gasteiger partial charge is 0.310 e. The van der Waals surface area contributed by atoms with E-state index in [-0.39, 0.29) is 6.42 Å². The van der Waals surface area contributed by atoms with Gasteiger partial charge in [-0.3, -0.25) is 4.79 Å². The highest BCUT2D eigenvalue weighted by molar-refractivity contribution is 7.15. The van der Waals surface area contributed by atoms with Gasteiger partial charge in [0, 0.05) is 0 Å². The van der Waals surface area contributed by atoms with Gasteiger partial charge in [-0.25, -0.2) is 4.98 Å². The van der Waals surface area contributed by atoms with Crippen LogP contribution < -0.4 is 0 Å². The van der Waals surface area contributed by atoms with E-state index in [4.69, 9.17) is 5.11 Å².